The van der Waals surface area contributed by atoms with Gasteiger partial charge >= 0.3 is 0 Å². The Morgan fingerprint density at radius 3 is 2.73 bits per heavy atom. The fourth-order valence-corrected chi connectivity index (χ4v) is 2.32. The van der Waals surface area contributed by atoms with Gasteiger partial charge in [-0.15, -0.1) is 0 Å². The molecule has 2 nitrogen and oxygen atoms in total. The highest BCUT2D eigenvalue weighted by molar-refractivity contribution is 7.99. The zero-order chi connectivity index (χ0) is 11.3. The second-order valence-electron chi connectivity index (χ2n) is 3.66. The van der Waals surface area contributed by atoms with Crippen LogP contribution in [0.2, 0.25) is 5.02 Å². The Hall–Kier alpha value is -0.220. The molecule has 0 radical (unpaired) electrons. The van der Waals surface area contributed by atoms with Crippen LogP contribution >= 0.6 is 23.4 Å². The van der Waals surface area contributed by atoms with E-state index in [9.17, 15) is 0 Å². The first-order valence-electron chi connectivity index (χ1n) is 4.96. The maximum absolute atomic E-state index is 5.93. The smallest absolute Gasteiger partial charge is 0.0551 e. The molecule has 0 fully saturated rings. The van der Waals surface area contributed by atoms with Gasteiger partial charge in [-0.3, -0.25) is 11.3 Å². The van der Waals surface area contributed by atoms with Crippen LogP contribution in [0.25, 0.3) is 0 Å². The quantitative estimate of drug-likeness (QED) is 0.618. The highest BCUT2D eigenvalue weighted by Gasteiger charge is 2.10. The summed E-state index contributed by atoms with van der Waals surface area (Å²) in [7, 11) is 0. The van der Waals surface area contributed by atoms with E-state index in [1.54, 1.807) is 0 Å². The molecular weight excluding hydrogens is 228 g/mol. The van der Waals surface area contributed by atoms with Crippen molar-refractivity contribution in [1.29, 1.82) is 0 Å². The van der Waals surface area contributed by atoms with E-state index in [-0.39, 0.29) is 6.04 Å². The lowest BCUT2D eigenvalue weighted by atomic mass is 10.1. The Morgan fingerprint density at radius 1 is 1.47 bits per heavy atom. The number of nitrogens with one attached hydrogen (secondary N) is 1. The predicted octanol–water partition coefficient (Wildman–Crippen LogP) is 2.99. The Labute approximate surface area is 101 Å². The van der Waals surface area contributed by atoms with Crippen molar-refractivity contribution in [3.05, 3.63) is 34.9 Å². The topological polar surface area (TPSA) is 38.0 Å². The van der Waals surface area contributed by atoms with Crippen molar-refractivity contribution in [3.8, 4) is 0 Å². The molecule has 1 unspecified atom stereocenters. The van der Waals surface area contributed by atoms with E-state index in [0.717, 1.165) is 16.3 Å². The minimum Gasteiger partial charge on any atom is -0.271 e. The molecule has 0 bridgehead atoms. The van der Waals surface area contributed by atoms with Crippen LogP contribution in [-0.4, -0.2) is 11.0 Å². The lowest BCUT2D eigenvalue weighted by molar-refractivity contribution is 0.610. The normalized spacial score (nSPS) is 13.1. The summed E-state index contributed by atoms with van der Waals surface area (Å²) >= 11 is 7.81. The largest absolute Gasteiger partial charge is 0.271 e. The van der Waals surface area contributed by atoms with Crippen molar-refractivity contribution < 1.29 is 0 Å². The number of benzene rings is 1. The summed E-state index contributed by atoms with van der Waals surface area (Å²) in [6, 6.07) is 7.97. The van der Waals surface area contributed by atoms with Crippen LogP contribution in [0.15, 0.2) is 24.3 Å². The molecule has 0 aromatic heterocycles. The number of rotatable bonds is 5. The average Bonchev–Trinajstić information content (AvgIpc) is 2.18. The Bertz CT molecular complexity index is 304. The maximum atomic E-state index is 5.93. The molecule has 0 saturated carbocycles. The monoisotopic (exact) mass is 244 g/mol. The van der Waals surface area contributed by atoms with Gasteiger partial charge in [0, 0.05) is 10.8 Å². The summed E-state index contributed by atoms with van der Waals surface area (Å²) in [5, 5.41) is 1.36. The molecule has 0 aliphatic rings. The number of halogens is 1. The maximum Gasteiger partial charge on any atom is 0.0551 e. The van der Waals surface area contributed by atoms with Gasteiger partial charge in [-0.05, 0) is 22.9 Å². The highest BCUT2D eigenvalue weighted by Crippen LogP contribution is 2.22. The molecule has 0 amide bonds. The number of nitrogens with two attached hydrogens (primary N) is 1. The van der Waals surface area contributed by atoms with Gasteiger partial charge in [0.2, 0.25) is 0 Å². The summed E-state index contributed by atoms with van der Waals surface area (Å²) < 4.78 is 0. The SMILES string of the molecule is CC(C)SCC(NN)c1cccc(Cl)c1. The van der Waals surface area contributed by atoms with E-state index in [4.69, 9.17) is 17.4 Å². The van der Waals surface area contributed by atoms with Crippen molar-refractivity contribution in [3.63, 3.8) is 0 Å². The first-order chi connectivity index (χ1) is 7.13. The molecule has 1 aromatic carbocycles. The summed E-state index contributed by atoms with van der Waals surface area (Å²) in [6.07, 6.45) is 0. The van der Waals surface area contributed by atoms with Crippen LogP contribution in [0.4, 0.5) is 0 Å². The Morgan fingerprint density at radius 2 is 2.20 bits per heavy atom. The first kappa shape index (κ1) is 12.8. The van der Waals surface area contributed by atoms with E-state index in [2.05, 4.69) is 19.3 Å². The van der Waals surface area contributed by atoms with Crippen molar-refractivity contribution in [2.45, 2.75) is 25.1 Å². The van der Waals surface area contributed by atoms with Gasteiger partial charge in [-0.25, -0.2) is 0 Å². The third kappa shape index (κ3) is 4.43. The predicted molar refractivity (Wildman–Crippen MR) is 69.1 cm³/mol. The van der Waals surface area contributed by atoms with Crippen LogP contribution in [0.5, 0.6) is 0 Å². The van der Waals surface area contributed by atoms with Crippen LogP contribution in [-0.2, 0) is 0 Å². The van der Waals surface area contributed by atoms with E-state index in [1.807, 2.05) is 36.0 Å². The first-order valence-corrected chi connectivity index (χ1v) is 6.39. The number of hydrogen-bond donors (Lipinski definition) is 2. The van der Waals surface area contributed by atoms with E-state index < -0.39 is 0 Å². The van der Waals surface area contributed by atoms with Crippen LogP contribution < -0.4 is 11.3 Å². The number of hydrogen-bond acceptors (Lipinski definition) is 3. The molecule has 15 heavy (non-hydrogen) atoms. The molecule has 0 spiro atoms. The van der Waals surface area contributed by atoms with E-state index >= 15 is 0 Å². The molecular formula is C11H17ClN2S. The Kier molecular flexibility index (Phi) is 5.47. The lowest BCUT2D eigenvalue weighted by Crippen LogP contribution is -2.30. The summed E-state index contributed by atoms with van der Waals surface area (Å²) in [5.74, 6) is 6.49. The van der Waals surface area contributed by atoms with Gasteiger partial charge in [0.15, 0.2) is 0 Å². The van der Waals surface area contributed by atoms with Gasteiger partial charge in [0.05, 0.1) is 6.04 Å². The van der Waals surface area contributed by atoms with Gasteiger partial charge in [-0.1, -0.05) is 37.6 Å². The second kappa shape index (κ2) is 6.38. The summed E-state index contributed by atoms with van der Waals surface area (Å²) in [5.41, 5.74) is 3.96. The fraction of sp³-hybridized carbons (Fsp3) is 0.455. The third-order valence-corrected chi connectivity index (χ3v) is 3.48. The van der Waals surface area contributed by atoms with Crippen molar-refractivity contribution in [1.82, 2.24) is 5.43 Å². The molecule has 1 aromatic rings. The van der Waals surface area contributed by atoms with Crippen LogP contribution in [0.1, 0.15) is 25.5 Å². The number of thioether (sulfide) groups is 1. The minimum atomic E-state index is 0.163. The van der Waals surface area contributed by atoms with Crippen molar-refractivity contribution >= 4 is 23.4 Å². The summed E-state index contributed by atoms with van der Waals surface area (Å²) in [6.45, 7) is 4.35. The molecule has 1 rings (SSSR count). The number of hydrazine groups is 1. The molecule has 0 aliphatic carbocycles. The fourth-order valence-electron chi connectivity index (χ4n) is 1.25. The van der Waals surface area contributed by atoms with E-state index in [1.165, 1.54) is 0 Å². The molecule has 3 N–H and O–H groups in total. The lowest BCUT2D eigenvalue weighted by Gasteiger charge is -2.17. The average molecular weight is 245 g/mol. The van der Waals surface area contributed by atoms with Crippen molar-refractivity contribution in [2.24, 2.45) is 5.84 Å². The van der Waals surface area contributed by atoms with Gasteiger partial charge in [-0.2, -0.15) is 11.8 Å². The molecule has 0 aliphatic heterocycles. The molecule has 0 saturated heterocycles. The van der Waals surface area contributed by atoms with Crippen LogP contribution in [0.3, 0.4) is 0 Å². The standard InChI is InChI=1S/C11H17ClN2S/c1-8(2)15-7-11(14-13)9-4-3-5-10(12)6-9/h3-6,8,11,14H,7,13H2,1-2H3. The molecule has 84 valence electrons. The molecule has 0 heterocycles. The minimum absolute atomic E-state index is 0.163. The molecule has 4 heteroatoms. The van der Waals surface area contributed by atoms with Gasteiger partial charge in [0.1, 0.15) is 0 Å². The zero-order valence-corrected chi connectivity index (χ0v) is 10.6. The zero-order valence-electron chi connectivity index (χ0n) is 9.03. The molecule has 1 atom stereocenters. The Balaban J connectivity index is 2.65. The van der Waals surface area contributed by atoms with E-state index in [0.29, 0.717) is 5.25 Å². The highest BCUT2D eigenvalue weighted by atomic mass is 35.5. The van der Waals surface area contributed by atoms with Gasteiger partial charge in [0.25, 0.3) is 0 Å². The van der Waals surface area contributed by atoms with Crippen LogP contribution in [0, 0.1) is 0 Å². The summed E-state index contributed by atoms with van der Waals surface area (Å²) in [4.78, 5) is 0. The van der Waals surface area contributed by atoms with Gasteiger partial charge < -0.3 is 0 Å². The van der Waals surface area contributed by atoms with Crippen molar-refractivity contribution in [2.75, 3.05) is 5.75 Å². The second-order valence-corrected chi connectivity index (χ2v) is 5.70. The third-order valence-electron chi connectivity index (χ3n) is 2.05.